The van der Waals surface area contributed by atoms with Gasteiger partial charge in [0.15, 0.2) is 0 Å². The van der Waals surface area contributed by atoms with E-state index >= 15 is 0 Å². The Hall–Kier alpha value is -0.120. The molecular formula is C11H26N2O. The second-order valence-electron chi connectivity index (χ2n) is 4.73. The van der Waals surface area contributed by atoms with Crippen molar-refractivity contribution >= 4 is 0 Å². The molecule has 0 radical (unpaired) electrons. The Kier molecular flexibility index (Phi) is 7.15. The Labute approximate surface area is 88.7 Å². The van der Waals surface area contributed by atoms with Gasteiger partial charge in [-0.1, -0.05) is 13.8 Å². The van der Waals surface area contributed by atoms with Crippen molar-refractivity contribution in [3.63, 3.8) is 0 Å². The first-order valence-electron chi connectivity index (χ1n) is 5.44. The Bertz CT molecular complexity index is 137. The van der Waals surface area contributed by atoms with Crippen LogP contribution in [0.5, 0.6) is 0 Å². The maximum Gasteiger partial charge on any atom is 0.0689 e. The first-order valence-corrected chi connectivity index (χ1v) is 5.44. The number of rotatable bonds is 7. The van der Waals surface area contributed by atoms with Gasteiger partial charge in [0.1, 0.15) is 0 Å². The largest absolute Gasteiger partial charge is 0.392 e. The fourth-order valence-corrected chi connectivity index (χ4v) is 1.28. The highest BCUT2D eigenvalue weighted by Gasteiger charge is 2.11. The number of aliphatic hydroxyl groups is 1. The average molecular weight is 202 g/mol. The molecule has 0 rings (SSSR count). The molecule has 0 aliphatic rings. The molecule has 0 saturated carbocycles. The lowest BCUT2D eigenvalue weighted by atomic mass is 10.1. The Balaban J connectivity index is 3.50. The van der Waals surface area contributed by atoms with Crippen LogP contribution < -0.4 is 0 Å². The molecule has 0 heterocycles. The van der Waals surface area contributed by atoms with E-state index in [9.17, 15) is 5.11 Å². The predicted octanol–water partition coefficient (Wildman–Crippen LogP) is 0.887. The van der Waals surface area contributed by atoms with E-state index in [2.05, 4.69) is 44.8 Å². The van der Waals surface area contributed by atoms with Gasteiger partial charge in [0.25, 0.3) is 0 Å². The van der Waals surface area contributed by atoms with Crippen LogP contribution in [0, 0.1) is 5.92 Å². The standard InChI is InChI=1S/C11H26N2O/c1-10(2)11(14)9-13(5)8-6-7-12(3)4/h10-11,14H,6-9H2,1-5H3. The number of nitrogens with zero attached hydrogens (tertiary/aromatic N) is 2. The lowest BCUT2D eigenvalue weighted by Gasteiger charge is -2.23. The summed E-state index contributed by atoms with van der Waals surface area (Å²) in [5.41, 5.74) is 0. The molecule has 0 fully saturated rings. The summed E-state index contributed by atoms with van der Waals surface area (Å²) in [6, 6.07) is 0. The summed E-state index contributed by atoms with van der Waals surface area (Å²) < 4.78 is 0. The molecular weight excluding hydrogens is 176 g/mol. The molecule has 0 aromatic rings. The van der Waals surface area contributed by atoms with Crippen LogP contribution in [-0.2, 0) is 0 Å². The summed E-state index contributed by atoms with van der Waals surface area (Å²) in [5.74, 6) is 0.353. The van der Waals surface area contributed by atoms with E-state index < -0.39 is 0 Å². The minimum Gasteiger partial charge on any atom is -0.392 e. The quantitative estimate of drug-likeness (QED) is 0.664. The molecule has 0 saturated heterocycles. The van der Waals surface area contributed by atoms with Crippen LogP contribution in [0.2, 0.25) is 0 Å². The lowest BCUT2D eigenvalue weighted by Crippen LogP contribution is -2.33. The molecule has 0 aromatic heterocycles. The lowest BCUT2D eigenvalue weighted by molar-refractivity contribution is 0.0851. The Morgan fingerprint density at radius 2 is 1.64 bits per heavy atom. The molecule has 1 atom stereocenters. The van der Waals surface area contributed by atoms with E-state index in [0.29, 0.717) is 5.92 Å². The topological polar surface area (TPSA) is 26.7 Å². The van der Waals surface area contributed by atoms with Crippen molar-refractivity contribution in [3.8, 4) is 0 Å². The predicted molar refractivity (Wildman–Crippen MR) is 61.5 cm³/mol. The molecule has 86 valence electrons. The fourth-order valence-electron chi connectivity index (χ4n) is 1.28. The van der Waals surface area contributed by atoms with Crippen molar-refractivity contribution in [2.24, 2.45) is 5.92 Å². The van der Waals surface area contributed by atoms with Gasteiger partial charge < -0.3 is 14.9 Å². The third-order valence-corrected chi connectivity index (χ3v) is 2.41. The molecule has 0 spiro atoms. The fraction of sp³-hybridized carbons (Fsp3) is 1.00. The van der Waals surface area contributed by atoms with Crippen LogP contribution in [0.3, 0.4) is 0 Å². The second kappa shape index (κ2) is 7.21. The number of likely N-dealkylation sites (N-methyl/N-ethyl adjacent to an activating group) is 1. The molecule has 3 nitrogen and oxygen atoms in total. The molecule has 0 aliphatic carbocycles. The molecule has 14 heavy (non-hydrogen) atoms. The van der Waals surface area contributed by atoms with Crippen molar-refractivity contribution in [1.29, 1.82) is 0 Å². The Morgan fingerprint density at radius 3 is 2.07 bits per heavy atom. The molecule has 0 aliphatic heterocycles. The maximum atomic E-state index is 9.65. The molecule has 0 bridgehead atoms. The van der Waals surface area contributed by atoms with E-state index in [4.69, 9.17) is 0 Å². The van der Waals surface area contributed by atoms with E-state index in [0.717, 1.165) is 26.1 Å². The third kappa shape index (κ3) is 7.30. The zero-order chi connectivity index (χ0) is 11.1. The van der Waals surface area contributed by atoms with Crippen molar-refractivity contribution in [1.82, 2.24) is 9.80 Å². The molecule has 1 unspecified atom stereocenters. The van der Waals surface area contributed by atoms with Crippen LogP contribution in [0.4, 0.5) is 0 Å². The van der Waals surface area contributed by atoms with Crippen LogP contribution >= 0.6 is 0 Å². The summed E-state index contributed by atoms with van der Waals surface area (Å²) in [7, 11) is 6.24. The van der Waals surface area contributed by atoms with Gasteiger partial charge in [-0.15, -0.1) is 0 Å². The normalized spacial score (nSPS) is 14.4. The third-order valence-electron chi connectivity index (χ3n) is 2.41. The second-order valence-corrected chi connectivity index (χ2v) is 4.73. The van der Waals surface area contributed by atoms with Gasteiger partial charge in [-0.25, -0.2) is 0 Å². The zero-order valence-electron chi connectivity index (χ0n) is 10.3. The van der Waals surface area contributed by atoms with Gasteiger partial charge in [0.05, 0.1) is 6.10 Å². The van der Waals surface area contributed by atoms with Crippen LogP contribution in [0.25, 0.3) is 0 Å². The number of hydrogen-bond acceptors (Lipinski definition) is 3. The van der Waals surface area contributed by atoms with Crippen molar-refractivity contribution in [3.05, 3.63) is 0 Å². The highest BCUT2D eigenvalue weighted by molar-refractivity contribution is 4.64. The number of aliphatic hydroxyl groups excluding tert-OH is 1. The van der Waals surface area contributed by atoms with Crippen LogP contribution in [-0.4, -0.2) is 61.8 Å². The minimum atomic E-state index is -0.195. The average Bonchev–Trinajstić information content (AvgIpc) is 2.02. The van der Waals surface area contributed by atoms with Gasteiger partial charge >= 0.3 is 0 Å². The van der Waals surface area contributed by atoms with Crippen molar-refractivity contribution in [2.75, 3.05) is 40.8 Å². The summed E-state index contributed by atoms with van der Waals surface area (Å²) in [6.07, 6.45) is 0.966. The maximum absolute atomic E-state index is 9.65. The van der Waals surface area contributed by atoms with E-state index in [-0.39, 0.29) is 6.10 Å². The van der Waals surface area contributed by atoms with Crippen LogP contribution in [0.15, 0.2) is 0 Å². The molecule has 0 amide bonds. The summed E-state index contributed by atoms with van der Waals surface area (Å²) in [6.45, 7) is 7.06. The number of hydrogen-bond donors (Lipinski definition) is 1. The van der Waals surface area contributed by atoms with E-state index in [1.165, 1.54) is 0 Å². The molecule has 1 N–H and O–H groups in total. The molecule has 3 heteroatoms. The van der Waals surface area contributed by atoms with Crippen LogP contribution in [0.1, 0.15) is 20.3 Å². The first kappa shape index (κ1) is 13.9. The summed E-state index contributed by atoms with van der Waals surface area (Å²) in [4.78, 5) is 4.39. The summed E-state index contributed by atoms with van der Waals surface area (Å²) in [5, 5.41) is 9.65. The van der Waals surface area contributed by atoms with Crippen molar-refractivity contribution < 1.29 is 5.11 Å². The van der Waals surface area contributed by atoms with E-state index in [1.807, 2.05) is 0 Å². The van der Waals surface area contributed by atoms with Crippen molar-refractivity contribution in [2.45, 2.75) is 26.4 Å². The van der Waals surface area contributed by atoms with Gasteiger partial charge in [0, 0.05) is 6.54 Å². The summed E-state index contributed by atoms with van der Waals surface area (Å²) >= 11 is 0. The smallest absolute Gasteiger partial charge is 0.0689 e. The zero-order valence-corrected chi connectivity index (χ0v) is 10.3. The SMILES string of the molecule is CC(C)C(O)CN(C)CCCN(C)C. The minimum absolute atomic E-state index is 0.195. The van der Waals surface area contributed by atoms with Gasteiger partial charge in [-0.05, 0) is 46.6 Å². The van der Waals surface area contributed by atoms with Gasteiger partial charge in [-0.3, -0.25) is 0 Å². The monoisotopic (exact) mass is 202 g/mol. The first-order chi connectivity index (χ1) is 6.43. The van der Waals surface area contributed by atoms with E-state index in [1.54, 1.807) is 0 Å². The van der Waals surface area contributed by atoms with Gasteiger partial charge in [0.2, 0.25) is 0 Å². The van der Waals surface area contributed by atoms with Gasteiger partial charge in [-0.2, -0.15) is 0 Å². The highest BCUT2D eigenvalue weighted by Crippen LogP contribution is 2.02. The Morgan fingerprint density at radius 1 is 1.07 bits per heavy atom. The molecule has 0 aromatic carbocycles. The highest BCUT2D eigenvalue weighted by atomic mass is 16.3.